The normalized spacial score (nSPS) is 14.5. The summed E-state index contributed by atoms with van der Waals surface area (Å²) in [4.78, 5) is 24.5. The van der Waals surface area contributed by atoms with Crippen molar-refractivity contribution in [2.24, 2.45) is 0 Å². The standard InChI is InChI=1S/C35H57O5P/c1-28(2)14-10-16-30(5)18-12-20-32(7)26-34(36)22-24-39-41(9,38)40-25-23-35(37)27-33(8)21-13-19-31(6)17-11-15-29(3)4/h14-15,18-19,26-27H,10-13,16-17,20-25H2,1-9H3. The van der Waals surface area contributed by atoms with E-state index in [1.165, 1.54) is 29.0 Å². The molecule has 5 nitrogen and oxygen atoms in total. The van der Waals surface area contributed by atoms with Crippen LogP contribution in [0.25, 0.3) is 0 Å². The van der Waals surface area contributed by atoms with Crippen molar-refractivity contribution in [2.75, 3.05) is 19.9 Å². The van der Waals surface area contributed by atoms with Gasteiger partial charge < -0.3 is 9.05 Å². The topological polar surface area (TPSA) is 69.7 Å². The van der Waals surface area contributed by atoms with Crippen molar-refractivity contribution < 1.29 is 23.2 Å². The third-order valence-corrected chi connectivity index (χ3v) is 7.71. The van der Waals surface area contributed by atoms with Gasteiger partial charge in [0.15, 0.2) is 11.6 Å². The molecule has 0 heterocycles. The van der Waals surface area contributed by atoms with Crippen LogP contribution in [0.3, 0.4) is 0 Å². The lowest BCUT2D eigenvalue weighted by molar-refractivity contribution is -0.115. The predicted molar refractivity (Wildman–Crippen MR) is 176 cm³/mol. The number of ketones is 2. The van der Waals surface area contributed by atoms with Gasteiger partial charge in [0.2, 0.25) is 0 Å². The van der Waals surface area contributed by atoms with E-state index < -0.39 is 7.60 Å². The van der Waals surface area contributed by atoms with Crippen molar-refractivity contribution in [1.29, 1.82) is 0 Å². The molecule has 0 aromatic carbocycles. The molecule has 0 radical (unpaired) electrons. The number of carbonyl (C=O) groups excluding carboxylic acids is 2. The molecule has 0 aliphatic carbocycles. The zero-order valence-corrected chi connectivity index (χ0v) is 28.3. The first-order valence-electron chi connectivity index (χ1n) is 15.0. The molecule has 232 valence electrons. The fourth-order valence-electron chi connectivity index (χ4n) is 3.97. The van der Waals surface area contributed by atoms with E-state index >= 15 is 0 Å². The van der Waals surface area contributed by atoms with Crippen molar-refractivity contribution in [2.45, 2.75) is 120 Å². The third kappa shape index (κ3) is 25.4. The second kappa shape index (κ2) is 22.5. The Bertz CT molecular complexity index is 964. The molecule has 41 heavy (non-hydrogen) atoms. The number of rotatable bonds is 22. The number of carbonyl (C=O) groups is 2. The van der Waals surface area contributed by atoms with Crippen LogP contribution in [0.5, 0.6) is 0 Å². The molecule has 0 bridgehead atoms. The molecule has 0 aliphatic heterocycles. The highest BCUT2D eigenvalue weighted by Crippen LogP contribution is 2.43. The molecule has 0 fully saturated rings. The minimum Gasteiger partial charge on any atom is -0.308 e. The van der Waals surface area contributed by atoms with Crippen LogP contribution in [0.15, 0.2) is 69.9 Å². The molecule has 6 heteroatoms. The second-order valence-corrected chi connectivity index (χ2v) is 13.7. The maximum atomic E-state index is 12.5. The van der Waals surface area contributed by atoms with Gasteiger partial charge in [-0.2, -0.15) is 0 Å². The van der Waals surface area contributed by atoms with Crippen LogP contribution in [0, 0.1) is 0 Å². The molecule has 0 amide bonds. The van der Waals surface area contributed by atoms with E-state index in [2.05, 4.69) is 65.8 Å². The molecule has 0 aromatic heterocycles. The number of allylic oxidation sites excluding steroid dienone is 12. The monoisotopic (exact) mass is 588 g/mol. The van der Waals surface area contributed by atoms with Crippen molar-refractivity contribution in [3.05, 3.63) is 69.9 Å². The van der Waals surface area contributed by atoms with Crippen LogP contribution in [-0.2, 0) is 23.2 Å². The van der Waals surface area contributed by atoms with Gasteiger partial charge in [0.05, 0.1) is 13.2 Å². The summed E-state index contributed by atoms with van der Waals surface area (Å²) in [7, 11) is -3.33. The first-order chi connectivity index (χ1) is 19.2. The fraction of sp³-hybridized carbons (Fsp3) is 0.600. The van der Waals surface area contributed by atoms with Crippen molar-refractivity contribution in [1.82, 2.24) is 0 Å². The van der Waals surface area contributed by atoms with Crippen molar-refractivity contribution in [3.63, 3.8) is 0 Å². The Morgan fingerprint density at radius 1 is 0.512 bits per heavy atom. The Labute approximate surface area is 251 Å². The average molecular weight is 589 g/mol. The van der Waals surface area contributed by atoms with Crippen LogP contribution < -0.4 is 0 Å². The summed E-state index contributed by atoms with van der Waals surface area (Å²) in [5, 5.41) is 0. The maximum absolute atomic E-state index is 12.5. The molecule has 0 spiro atoms. The molecular weight excluding hydrogens is 531 g/mol. The lowest BCUT2D eigenvalue weighted by Crippen LogP contribution is -2.05. The summed E-state index contributed by atoms with van der Waals surface area (Å²) in [5.74, 6) is -0.110. The van der Waals surface area contributed by atoms with Gasteiger partial charge in [0, 0.05) is 19.5 Å². The van der Waals surface area contributed by atoms with Crippen LogP contribution in [0.2, 0.25) is 0 Å². The Hall–Kier alpha value is -2.07. The van der Waals surface area contributed by atoms with Gasteiger partial charge in [-0.15, -0.1) is 0 Å². The van der Waals surface area contributed by atoms with E-state index in [9.17, 15) is 14.2 Å². The largest absolute Gasteiger partial charge is 0.327 e. The Morgan fingerprint density at radius 3 is 1.17 bits per heavy atom. The molecule has 0 N–H and O–H groups in total. The Morgan fingerprint density at radius 2 is 0.829 bits per heavy atom. The van der Waals surface area contributed by atoms with Gasteiger partial charge in [-0.1, -0.05) is 57.7 Å². The van der Waals surface area contributed by atoms with Gasteiger partial charge >= 0.3 is 7.60 Å². The van der Waals surface area contributed by atoms with Gasteiger partial charge in [-0.05, 0) is 119 Å². The summed E-state index contributed by atoms with van der Waals surface area (Å²) < 4.78 is 23.3. The van der Waals surface area contributed by atoms with Crippen LogP contribution in [0.1, 0.15) is 120 Å². The van der Waals surface area contributed by atoms with Gasteiger partial charge in [0.1, 0.15) is 0 Å². The molecule has 0 saturated heterocycles. The summed E-state index contributed by atoms with van der Waals surface area (Å²) in [5.41, 5.74) is 7.46. The Balaban J connectivity index is 4.29. The fourth-order valence-corrected chi connectivity index (χ4v) is 4.89. The zero-order valence-electron chi connectivity index (χ0n) is 27.4. The van der Waals surface area contributed by atoms with Crippen molar-refractivity contribution >= 4 is 19.2 Å². The van der Waals surface area contributed by atoms with Crippen LogP contribution in [0.4, 0.5) is 0 Å². The summed E-state index contributed by atoms with van der Waals surface area (Å²) in [6, 6.07) is 0. The third-order valence-electron chi connectivity index (χ3n) is 6.41. The number of hydrogen-bond donors (Lipinski definition) is 0. The van der Waals surface area contributed by atoms with Crippen LogP contribution in [-0.4, -0.2) is 31.4 Å². The minimum absolute atomic E-state index is 0.0218. The van der Waals surface area contributed by atoms with Gasteiger partial charge in [0.25, 0.3) is 0 Å². The summed E-state index contributed by atoms with van der Waals surface area (Å²) in [6.07, 6.45) is 20.3. The van der Waals surface area contributed by atoms with Crippen molar-refractivity contribution in [3.8, 4) is 0 Å². The minimum atomic E-state index is -3.33. The highest BCUT2D eigenvalue weighted by Gasteiger charge is 2.17. The molecule has 0 saturated carbocycles. The maximum Gasteiger partial charge on any atom is 0.327 e. The molecular formula is C35H57O5P. The predicted octanol–water partition coefficient (Wildman–Crippen LogP) is 10.6. The smallest absolute Gasteiger partial charge is 0.308 e. The molecule has 0 aliphatic rings. The summed E-state index contributed by atoms with van der Waals surface area (Å²) >= 11 is 0. The molecule has 0 rings (SSSR count). The van der Waals surface area contributed by atoms with Gasteiger partial charge in [-0.25, -0.2) is 0 Å². The first kappa shape index (κ1) is 38.9. The van der Waals surface area contributed by atoms with E-state index in [-0.39, 0.29) is 37.6 Å². The lowest BCUT2D eigenvalue weighted by atomic mass is 10.1. The quantitative estimate of drug-likeness (QED) is 0.0715. The van der Waals surface area contributed by atoms with E-state index in [1.54, 1.807) is 12.2 Å². The van der Waals surface area contributed by atoms with E-state index in [0.29, 0.717) is 0 Å². The highest BCUT2D eigenvalue weighted by atomic mass is 31.2. The molecule has 0 atom stereocenters. The van der Waals surface area contributed by atoms with Gasteiger partial charge in [-0.3, -0.25) is 14.2 Å². The lowest BCUT2D eigenvalue weighted by Gasteiger charge is -2.13. The molecule has 0 aromatic rings. The zero-order chi connectivity index (χ0) is 31.3. The number of hydrogen-bond acceptors (Lipinski definition) is 5. The SMILES string of the molecule is CC(C)=CCCC(C)=CCCC(C)=CC(=O)CCOP(C)(=O)OCCC(=O)C=C(C)CCC=C(C)CCC=C(C)C. The molecule has 0 unspecified atom stereocenters. The first-order valence-corrected chi connectivity index (χ1v) is 17.0. The summed E-state index contributed by atoms with van der Waals surface area (Å²) in [6.45, 7) is 18.1. The van der Waals surface area contributed by atoms with Crippen LogP contribution >= 0.6 is 7.60 Å². The highest BCUT2D eigenvalue weighted by molar-refractivity contribution is 7.52. The van der Waals surface area contributed by atoms with E-state index in [0.717, 1.165) is 62.5 Å². The van der Waals surface area contributed by atoms with E-state index in [4.69, 9.17) is 9.05 Å². The Kier molecular flexibility index (Phi) is 21.4. The average Bonchev–Trinajstić information content (AvgIpc) is 2.83. The van der Waals surface area contributed by atoms with E-state index in [1.807, 2.05) is 13.8 Å². The second-order valence-electron chi connectivity index (χ2n) is 11.7.